The molecule has 1 saturated heterocycles. The molecule has 3 rings (SSSR count). The molecule has 1 N–H and O–H groups in total. The van der Waals surface area contributed by atoms with Crippen LogP contribution >= 0.6 is 34.8 Å². The summed E-state index contributed by atoms with van der Waals surface area (Å²) in [7, 11) is 0. The number of hydrogen-bond acceptors (Lipinski definition) is 9. The van der Waals surface area contributed by atoms with Crippen molar-refractivity contribution < 1.29 is 38.1 Å². The highest BCUT2D eigenvalue weighted by molar-refractivity contribution is 6.76. The van der Waals surface area contributed by atoms with Gasteiger partial charge in [0.15, 0.2) is 12.2 Å². The Kier molecular flexibility index (Phi) is 9.19. The fourth-order valence-corrected chi connectivity index (χ4v) is 3.53. The van der Waals surface area contributed by atoms with Crippen LogP contribution in [-0.2, 0) is 28.5 Å². The average molecular weight is 559 g/mol. The first-order chi connectivity index (χ1) is 17.0. The summed E-state index contributed by atoms with van der Waals surface area (Å²) in [6, 6.07) is 16.1. The second-order valence-corrected chi connectivity index (χ2v) is 9.98. The van der Waals surface area contributed by atoms with Crippen molar-refractivity contribution >= 4 is 58.6 Å². The van der Waals surface area contributed by atoms with Crippen LogP contribution in [0.15, 0.2) is 60.7 Å². The van der Waals surface area contributed by atoms with E-state index in [-0.39, 0.29) is 11.1 Å². The smallest absolute Gasteiger partial charge is 0.338 e. The molecule has 0 saturated carbocycles. The third-order valence-electron chi connectivity index (χ3n) is 5.03. The Hall–Kier alpha value is -2.85. The number of ether oxygens (including phenoxy) is 5. The van der Waals surface area contributed by atoms with Gasteiger partial charge in [-0.3, -0.25) is 10.2 Å². The van der Waals surface area contributed by atoms with Gasteiger partial charge in [0, 0.05) is 6.92 Å². The van der Waals surface area contributed by atoms with Crippen LogP contribution < -0.4 is 0 Å². The van der Waals surface area contributed by atoms with E-state index < -0.39 is 58.3 Å². The third kappa shape index (κ3) is 7.10. The van der Waals surface area contributed by atoms with Gasteiger partial charge in [0.25, 0.3) is 3.79 Å². The van der Waals surface area contributed by atoms with Gasteiger partial charge in [0.1, 0.15) is 0 Å². The summed E-state index contributed by atoms with van der Waals surface area (Å²) in [6.07, 6.45) is -6.63. The topological polar surface area (TPSA) is 121 Å². The van der Waals surface area contributed by atoms with Crippen molar-refractivity contribution in [3.8, 4) is 0 Å². The van der Waals surface area contributed by atoms with E-state index in [1.807, 2.05) is 0 Å². The first kappa shape index (κ1) is 27.7. The van der Waals surface area contributed by atoms with Gasteiger partial charge in [0.2, 0.25) is 18.3 Å². The molecule has 1 aliphatic rings. The van der Waals surface area contributed by atoms with E-state index in [1.165, 1.54) is 19.1 Å². The maximum absolute atomic E-state index is 12.9. The molecule has 2 aromatic carbocycles. The summed E-state index contributed by atoms with van der Waals surface area (Å²) in [5.41, 5.74) is 0.409. The van der Waals surface area contributed by atoms with Crippen molar-refractivity contribution in [3.63, 3.8) is 0 Å². The number of rotatable bonds is 6. The van der Waals surface area contributed by atoms with E-state index >= 15 is 0 Å². The Balaban J connectivity index is 1.96. The van der Waals surface area contributed by atoms with Crippen LogP contribution in [0.2, 0.25) is 0 Å². The fraction of sp³-hybridized carbons (Fsp3) is 0.333. The number of halogens is 3. The lowest BCUT2D eigenvalue weighted by atomic mass is 9.98. The van der Waals surface area contributed by atoms with Crippen molar-refractivity contribution in [3.05, 3.63) is 71.8 Å². The first-order valence-corrected chi connectivity index (χ1v) is 11.8. The molecule has 192 valence electrons. The standard InChI is InChI=1S/C24H22Cl3NO8/c1-13-17(34-20(30)15-9-5-3-6-10-15)18(33-14(2)29)19(22(32-13)36-23(28)24(25,26)27)35-21(31)16-11-7-4-8-12-16/h3-13,17-19,22,28H,1-2H3/t13?,17-,18-,19?,22-/m0/s1. The zero-order valence-electron chi connectivity index (χ0n) is 19.1. The minimum Gasteiger partial charge on any atom is -0.454 e. The molecule has 0 radical (unpaired) electrons. The van der Waals surface area contributed by atoms with Gasteiger partial charge in [-0.25, -0.2) is 9.59 Å². The monoisotopic (exact) mass is 557 g/mol. The summed E-state index contributed by atoms with van der Waals surface area (Å²) >= 11 is 17.2. The number of carbonyl (C=O) groups excluding carboxylic acids is 3. The van der Waals surface area contributed by atoms with Gasteiger partial charge in [0.05, 0.1) is 17.2 Å². The van der Waals surface area contributed by atoms with Crippen molar-refractivity contribution in [1.29, 1.82) is 5.41 Å². The molecular weight excluding hydrogens is 537 g/mol. The number of esters is 3. The molecule has 5 atom stereocenters. The minimum atomic E-state index is -2.26. The predicted octanol–water partition coefficient (Wildman–Crippen LogP) is 4.48. The molecule has 0 aliphatic carbocycles. The molecule has 36 heavy (non-hydrogen) atoms. The molecule has 1 aliphatic heterocycles. The molecule has 12 heteroatoms. The van der Waals surface area contributed by atoms with Crippen LogP contribution in [0.4, 0.5) is 0 Å². The molecule has 9 nitrogen and oxygen atoms in total. The predicted molar refractivity (Wildman–Crippen MR) is 130 cm³/mol. The van der Waals surface area contributed by atoms with Crippen molar-refractivity contribution in [2.45, 2.75) is 48.3 Å². The van der Waals surface area contributed by atoms with E-state index in [4.69, 9.17) is 63.9 Å². The van der Waals surface area contributed by atoms with Crippen LogP contribution in [0.5, 0.6) is 0 Å². The Labute approximate surface area is 222 Å². The number of benzene rings is 2. The van der Waals surface area contributed by atoms with Crippen LogP contribution in [0.1, 0.15) is 34.6 Å². The molecule has 0 bridgehead atoms. The third-order valence-corrected chi connectivity index (χ3v) is 5.54. The number of alkyl halides is 3. The summed E-state index contributed by atoms with van der Waals surface area (Å²) in [5, 5.41) is 7.93. The van der Waals surface area contributed by atoms with Gasteiger partial charge in [-0.15, -0.1) is 0 Å². The molecule has 2 unspecified atom stereocenters. The first-order valence-electron chi connectivity index (χ1n) is 10.6. The highest BCUT2D eigenvalue weighted by Crippen LogP contribution is 2.34. The fourth-order valence-electron chi connectivity index (χ4n) is 3.40. The van der Waals surface area contributed by atoms with Crippen LogP contribution in [0.3, 0.4) is 0 Å². The van der Waals surface area contributed by atoms with Crippen molar-refractivity contribution in [1.82, 2.24) is 0 Å². The van der Waals surface area contributed by atoms with E-state index in [0.717, 1.165) is 6.92 Å². The molecule has 1 fully saturated rings. The molecule has 2 aromatic rings. The van der Waals surface area contributed by atoms with E-state index in [0.29, 0.717) is 0 Å². The maximum Gasteiger partial charge on any atom is 0.338 e. The van der Waals surface area contributed by atoms with E-state index in [9.17, 15) is 14.4 Å². The largest absolute Gasteiger partial charge is 0.454 e. The van der Waals surface area contributed by atoms with Crippen molar-refractivity contribution in [2.24, 2.45) is 0 Å². The Morgan fingerprint density at radius 1 is 0.778 bits per heavy atom. The molecule has 0 aromatic heterocycles. The summed E-state index contributed by atoms with van der Waals surface area (Å²) in [5.74, 6) is -3.13. The summed E-state index contributed by atoms with van der Waals surface area (Å²) in [4.78, 5) is 37.7. The lowest BCUT2D eigenvalue weighted by Gasteiger charge is -2.43. The quantitative estimate of drug-likeness (QED) is 0.181. The van der Waals surface area contributed by atoms with E-state index in [2.05, 4.69) is 0 Å². The normalized spacial score (nSPS) is 23.8. The maximum atomic E-state index is 12.9. The number of carbonyl (C=O) groups is 3. The van der Waals surface area contributed by atoms with Gasteiger partial charge < -0.3 is 23.7 Å². The highest BCUT2D eigenvalue weighted by Gasteiger charge is 2.53. The number of nitrogens with one attached hydrogen (secondary N) is 1. The lowest BCUT2D eigenvalue weighted by Crippen LogP contribution is -2.61. The molecule has 0 amide bonds. The van der Waals surface area contributed by atoms with Gasteiger partial charge >= 0.3 is 17.9 Å². The van der Waals surface area contributed by atoms with E-state index in [1.54, 1.807) is 48.5 Å². The average Bonchev–Trinajstić information content (AvgIpc) is 2.83. The van der Waals surface area contributed by atoms with Gasteiger partial charge in [-0.1, -0.05) is 71.2 Å². The summed E-state index contributed by atoms with van der Waals surface area (Å²) in [6.45, 7) is 2.65. The Bertz CT molecular complexity index is 1090. The van der Waals surface area contributed by atoms with Crippen LogP contribution in [0.25, 0.3) is 0 Å². The second kappa shape index (κ2) is 11.9. The number of hydrogen-bond donors (Lipinski definition) is 1. The molecular formula is C24H22Cl3NO8. The Morgan fingerprint density at radius 3 is 1.69 bits per heavy atom. The van der Waals surface area contributed by atoms with Gasteiger partial charge in [-0.05, 0) is 31.2 Å². The summed E-state index contributed by atoms with van der Waals surface area (Å²) < 4.78 is 25.6. The van der Waals surface area contributed by atoms with Crippen molar-refractivity contribution in [2.75, 3.05) is 0 Å². The SMILES string of the molecule is CC(=O)O[C@@H]1C(OC(=O)c2ccccc2)[C@H](OC(=N)C(Cl)(Cl)Cl)OC(C)[C@@H]1OC(=O)c1ccccc1. The minimum absolute atomic E-state index is 0.172. The zero-order valence-corrected chi connectivity index (χ0v) is 21.3. The highest BCUT2D eigenvalue weighted by atomic mass is 35.6. The van der Waals surface area contributed by atoms with Crippen LogP contribution in [0, 0.1) is 5.41 Å². The Morgan fingerprint density at radius 2 is 1.25 bits per heavy atom. The lowest BCUT2D eigenvalue weighted by molar-refractivity contribution is -0.275. The zero-order chi connectivity index (χ0) is 26.5. The molecule has 1 heterocycles. The second-order valence-electron chi connectivity index (χ2n) is 7.70. The van der Waals surface area contributed by atoms with Crippen LogP contribution in [-0.4, -0.2) is 58.3 Å². The van der Waals surface area contributed by atoms with Gasteiger partial charge in [-0.2, -0.15) is 0 Å². The molecule has 0 spiro atoms.